The first kappa shape index (κ1) is 19.8. The summed E-state index contributed by atoms with van der Waals surface area (Å²) < 4.78 is 70.8. The fraction of sp³-hybridized carbons (Fsp3) is 0.143. The number of rotatable bonds is 5. The van der Waals surface area contributed by atoms with Gasteiger partial charge in [0, 0.05) is 5.02 Å². The van der Waals surface area contributed by atoms with Crippen molar-refractivity contribution in [2.45, 2.75) is 11.1 Å². The Bertz CT molecular complexity index is 964. The molecule has 0 atom stereocenters. The van der Waals surface area contributed by atoms with Crippen molar-refractivity contribution in [2.75, 3.05) is 11.8 Å². The standard InChI is InChI=1S/C14H10ClF3N2O5S/c1-25-9-3-4-11(12(7-9)20(21)22)19-26(23,24)13-5-2-8(15)6-10(13)14(16,17)18/h2-7,19H,1H3. The Morgan fingerprint density at radius 2 is 1.85 bits per heavy atom. The molecule has 0 saturated heterocycles. The van der Waals surface area contributed by atoms with Crippen molar-refractivity contribution < 1.29 is 31.2 Å². The van der Waals surface area contributed by atoms with E-state index in [0.717, 1.165) is 18.2 Å². The number of nitro benzene ring substituents is 1. The van der Waals surface area contributed by atoms with Crippen LogP contribution < -0.4 is 9.46 Å². The summed E-state index contributed by atoms with van der Waals surface area (Å²) in [6, 6.07) is 5.26. The predicted octanol–water partition coefficient (Wildman–Crippen LogP) is 4.08. The maximum Gasteiger partial charge on any atom is 0.417 e. The number of hydrogen-bond acceptors (Lipinski definition) is 5. The van der Waals surface area contributed by atoms with E-state index in [2.05, 4.69) is 0 Å². The lowest BCUT2D eigenvalue weighted by Gasteiger charge is -2.15. The average Bonchev–Trinajstić information content (AvgIpc) is 2.53. The number of ether oxygens (including phenoxy) is 1. The largest absolute Gasteiger partial charge is 0.496 e. The molecule has 12 heteroatoms. The number of sulfonamides is 1. The zero-order valence-corrected chi connectivity index (χ0v) is 14.4. The van der Waals surface area contributed by atoms with Gasteiger partial charge in [0.15, 0.2) is 0 Å². The number of alkyl halides is 3. The highest BCUT2D eigenvalue weighted by Gasteiger charge is 2.38. The van der Waals surface area contributed by atoms with E-state index in [0.29, 0.717) is 12.1 Å². The summed E-state index contributed by atoms with van der Waals surface area (Å²) in [6.07, 6.45) is -5.00. The molecule has 2 aromatic rings. The number of nitrogens with one attached hydrogen (secondary N) is 1. The minimum absolute atomic E-state index is 0.0714. The number of benzene rings is 2. The zero-order chi connectivity index (χ0) is 19.7. The molecule has 0 radical (unpaired) electrons. The van der Waals surface area contributed by atoms with Crippen LogP contribution in [0.25, 0.3) is 0 Å². The average molecular weight is 411 g/mol. The summed E-state index contributed by atoms with van der Waals surface area (Å²) in [5.74, 6) is 0.0714. The third-order valence-corrected chi connectivity index (χ3v) is 4.84. The van der Waals surface area contributed by atoms with Gasteiger partial charge in [-0.1, -0.05) is 11.6 Å². The number of nitro groups is 1. The molecule has 0 bridgehead atoms. The Kier molecular flexibility index (Phi) is 5.33. The van der Waals surface area contributed by atoms with Gasteiger partial charge in [0.25, 0.3) is 15.7 Å². The van der Waals surface area contributed by atoms with Crippen molar-refractivity contribution in [3.63, 3.8) is 0 Å². The van der Waals surface area contributed by atoms with Gasteiger partial charge in [-0.3, -0.25) is 14.8 Å². The molecule has 0 spiro atoms. The first-order valence-electron chi connectivity index (χ1n) is 6.67. The highest BCUT2D eigenvalue weighted by molar-refractivity contribution is 7.92. The molecular weight excluding hydrogens is 401 g/mol. The summed E-state index contributed by atoms with van der Waals surface area (Å²) in [7, 11) is -3.55. The lowest BCUT2D eigenvalue weighted by Crippen LogP contribution is -2.19. The van der Waals surface area contributed by atoms with Crippen LogP contribution in [0.15, 0.2) is 41.3 Å². The number of halogens is 4. The molecule has 0 amide bonds. The van der Waals surface area contributed by atoms with Crippen molar-refractivity contribution in [3.8, 4) is 5.75 Å². The summed E-state index contributed by atoms with van der Waals surface area (Å²) in [5.41, 5.74) is -2.69. The second-order valence-corrected chi connectivity index (χ2v) is 6.97. The molecule has 7 nitrogen and oxygen atoms in total. The van der Waals surface area contributed by atoms with Gasteiger partial charge < -0.3 is 4.74 Å². The van der Waals surface area contributed by atoms with Crippen molar-refractivity contribution >= 4 is 33.0 Å². The molecule has 0 aliphatic heterocycles. The number of nitrogens with zero attached hydrogens (tertiary/aromatic N) is 1. The maximum atomic E-state index is 13.1. The number of methoxy groups -OCH3 is 1. The summed E-state index contributed by atoms with van der Waals surface area (Å²) in [6.45, 7) is 0. The highest BCUT2D eigenvalue weighted by atomic mass is 35.5. The number of anilines is 1. The highest BCUT2D eigenvalue weighted by Crippen LogP contribution is 2.37. The topological polar surface area (TPSA) is 98.5 Å². The Labute approximate surface area is 150 Å². The molecule has 2 aromatic carbocycles. The van der Waals surface area contributed by atoms with Crippen LogP contribution in [0.5, 0.6) is 5.75 Å². The summed E-state index contributed by atoms with van der Waals surface area (Å²) >= 11 is 5.51. The van der Waals surface area contributed by atoms with Gasteiger partial charge in [-0.05, 0) is 30.3 Å². The van der Waals surface area contributed by atoms with Crippen molar-refractivity contribution in [3.05, 3.63) is 57.1 Å². The molecule has 0 aliphatic rings. The van der Waals surface area contributed by atoms with Gasteiger partial charge in [0.2, 0.25) is 0 Å². The molecule has 0 heterocycles. The molecule has 0 aliphatic carbocycles. The quantitative estimate of drug-likeness (QED) is 0.591. The Balaban J connectivity index is 2.56. The molecule has 0 aromatic heterocycles. The summed E-state index contributed by atoms with van der Waals surface area (Å²) in [4.78, 5) is 9.09. The Morgan fingerprint density at radius 3 is 2.38 bits per heavy atom. The van der Waals surface area contributed by atoms with Crippen LogP contribution in [0.3, 0.4) is 0 Å². The van der Waals surface area contributed by atoms with Crippen molar-refractivity contribution in [1.29, 1.82) is 0 Å². The third-order valence-electron chi connectivity index (χ3n) is 3.18. The molecule has 140 valence electrons. The van der Waals surface area contributed by atoms with Crippen LogP contribution in [0.1, 0.15) is 5.56 Å². The maximum absolute atomic E-state index is 13.1. The summed E-state index contributed by atoms with van der Waals surface area (Å²) in [5, 5.41) is 10.8. The molecule has 2 rings (SSSR count). The lowest BCUT2D eigenvalue weighted by atomic mass is 10.2. The van der Waals surface area contributed by atoms with E-state index in [9.17, 15) is 31.7 Å². The second kappa shape index (κ2) is 7.00. The fourth-order valence-corrected chi connectivity index (χ4v) is 3.49. The van der Waals surface area contributed by atoms with Gasteiger partial charge in [-0.25, -0.2) is 8.42 Å². The second-order valence-electron chi connectivity index (χ2n) is 4.88. The van der Waals surface area contributed by atoms with Gasteiger partial charge in [-0.15, -0.1) is 0 Å². The normalized spacial score (nSPS) is 11.9. The molecule has 0 saturated carbocycles. The van der Waals surface area contributed by atoms with E-state index in [1.807, 2.05) is 0 Å². The van der Waals surface area contributed by atoms with Crippen LogP contribution in [-0.4, -0.2) is 20.5 Å². The minimum atomic E-state index is -5.00. The third kappa shape index (κ3) is 4.17. The predicted molar refractivity (Wildman–Crippen MR) is 86.9 cm³/mol. The zero-order valence-electron chi connectivity index (χ0n) is 12.9. The molecule has 1 N–H and O–H groups in total. The van der Waals surface area contributed by atoms with E-state index >= 15 is 0 Å². The molecule has 26 heavy (non-hydrogen) atoms. The van der Waals surface area contributed by atoms with Crippen molar-refractivity contribution in [2.24, 2.45) is 0 Å². The first-order chi connectivity index (χ1) is 12.0. The first-order valence-corrected chi connectivity index (χ1v) is 8.54. The van der Waals surface area contributed by atoms with Gasteiger partial charge in [0.05, 0.1) is 28.6 Å². The van der Waals surface area contributed by atoms with Crippen LogP contribution in [0.4, 0.5) is 24.5 Å². The van der Waals surface area contributed by atoms with Gasteiger partial charge in [0.1, 0.15) is 11.4 Å². The van der Waals surface area contributed by atoms with Crippen LogP contribution in [0.2, 0.25) is 5.02 Å². The van der Waals surface area contributed by atoms with E-state index in [-0.39, 0.29) is 10.8 Å². The van der Waals surface area contributed by atoms with Crippen LogP contribution in [-0.2, 0) is 16.2 Å². The molecule has 0 fully saturated rings. The van der Waals surface area contributed by atoms with Gasteiger partial charge >= 0.3 is 6.18 Å². The number of hydrogen-bond donors (Lipinski definition) is 1. The Morgan fingerprint density at radius 1 is 1.19 bits per heavy atom. The van der Waals surface area contributed by atoms with E-state index in [4.69, 9.17) is 16.3 Å². The van der Waals surface area contributed by atoms with E-state index in [1.54, 1.807) is 4.72 Å². The lowest BCUT2D eigenvalue weighted by molar-refractivity contribution is -0.384. The van der Waals surface area contributed by atoms with Crippen LogP contribution in [0, 0.1) is 10.1 Å². The van der Waals surface area contributed by atoms with E-state index < -0.39 is 43.0 Å². The molecular formula is C14H10ClF3N2O5S. The van der Waals surface area contributed by atoms with Gasteiger partial charge in [-0.2, -0.15) is 13.2 Å². The minimum Gasteiger partial charge on any atom is -0.496 e. The monoisotopic (exact) mass is 410 g/mol. The fourth-order valence-electron chi connectivity index (χ4n) is 2.03. The molecule has 0 unspecified atom stereocenters. The van der Waals surface area contributed by atoms with Crippen LogP contribution >= 0.6 is 11.6 Å². The smallest absolute Gasteiger partial charge is 0.417 e. The van der Waals surface area contributed by atoms with E-state index in [1.165, 1.54) is 13.2 Å². The van der Waals surface area contributed by atoms with Crippen molar-refractivity contribution in [1.82, 2.24) is 0 Å². The Hall–Kier alpha value is -2.53. The SMILES string of the molecule is COc1ccc(NS(=O)(=O)c2ccc(Cl)cc2C(F)(F)F)c([N+](=O)[O-])c1.